The van der Waals surface area contributed by atoms with E-state index in [-0.39, 0.29) is 24.8 Å². The van der Waals surface area contributed by atoms with E-state index in [1.807, 2.05) is 36.4 Å². The highest BCUT2D eigenvalue weighted by molar-refractivity contribution is 5.95. The molecule has 0 saturated carbocycles. The first kappa shape index (κ1) is 18.6. The zero-order valence-corrected chi connectivity index (χ0v) is 14.5. The second kappa shape index (κ2) is 8.41. The van der Waals surface area contributed by atoms with Crippen molar-refractivity contribution in [3.8, 4) is 0 Å². The molecule has 25 heavy (non-hydrogen) atoms. The minimum atomic E-state index is 0. The van der Waals surface area contributed by atoms with Gasteiger partial charge in [0.15, 0.2) is 5.78 Å². The highest BCUT2D eigenvalue weighted by Crippen LogP contribution is 2.23. The number of aliphatic hydroxyl groups is 1. The van der Waals surface area contributed by atoms with Crippen molar-refractivity contribution in [3.05, 3.63) is 54.1 Å². The molecule has 0 aliphatic heterocycles. The van der Waals surface area contributed by atoms with Crippen molar-refractivity contribution in [1.29, 1.82) is 0 Å². The average Bonchev–Trinajstić information content (AvgIpc) is 2.60. The third kappa shape index (κ3) is 4.43. The standard InChI is InChI=1S/C18H18N4O2.ClH/c1-12(24)13-5-4-6-14(11-13)20-18-21-16-8-3-2-7-15(16)17(22-18)19-9-10-23;/h2-8,11,23H,9-10H2,1H3,(H2,19,20,21,22);1H. The molecule has 0 unspecified atom stereocenters. The number of carbonyl (C=O) groups is 1. The summed E-state index contributed by atoms with van der Waals surface area (Å²) in [7, 11) is 0. The fourth-order valence-corrected chi connectivity index (χ4v) is 2.39. The zero-order chi connectivity index (χ0) is 16.9. The molecule has 6 nitrogen and oxygen atoms in total. The number of rotatable bonds is 6. The Balaban J connectivity index is 0.00000225. The van der Waals surface area contributed by atoms with Crippen LogP contribution in [0.15, 0.2) is 48.5 Å². The number of halogens is 1. The lowest BCUT2D eigenvalue weighted by atomic mass is 10.1. The third-order valence-electron chi connectivity index (χ3n) is 3.53. The maximum absolute atomic E-state index is 11.5. The van der Waals surface area contributed by atoms with Gasteiger partial charge in [-0.05, 0) is 31.2 Å². The van der Waals surface area contributed by atoms with Crippen LogP contribution in [0.25, 0.3) is 10.9 Å². The summed E-state index contributed by atoms with van der Waals surface area (Å²) in [6, 6.07) is 14.8. The number of Topliss-reactive ketones (excluding diaryl/α,β-unsaturated/α-hetero) is 1. The topological polar surface area (TPSA) is 87.1 Å². The number of fused-ring (bicyclic) bond motifs is 1. The van der Waals surface area contributed by atoms with Gasteiger partial charge in [0, 0.05) is 23.2 Å². The summed E-state index contributed by atoms with van der Waals surface area (Å²) < 4.78 is 0. The summed E-state index contributed by atoms with van der Waals surface area (Å²) in [5.74, 6) is 1.08. The fraction of sp³-hybridized carbons (Fsp3) is 0.167. The van der Waals surface area contributed by atoms with E-state index in [9.17, 15) is 4.79 Å². The van der Waals surface area contributed by atoms with Crippen molar-refractivity contribution >= 4 is 46.5 Å². The predicted molar refractivity (Wildman–Crippen MR) is 102 cm³/mol. The first-order chi connectivity index (χ1) is 11.7. The van der Waals surface area contributed by atoms with Crippen LogP contribution in [0.4, 0.5) is 17.5 Å². The van der Waals surface area contributed by atoms with Crippen LogP contribution in [-0.2, 0) is 0 Å². The van der Waals surface area contributed by atoms with Gasteiger partial charge in [0.05, 0.1) is 12.1 Å². The second-order valence-electron chi connectivity index (χ2n) is 5.33. The lowest BCUT2D eigenvalue weighted by molar-refractivity contribution is 0.101. The molecular formula is C18H19ClN4O2. The molecule has 3 N–H and O–H groups in total. The Hall–Kier alpha value is -2.70. The molecule has 0 spiro atoms. The number of nitrogens with one attached hydrogen (secondary N) is 2. The molecule has 0 radical (unpaired) electrons. The van der Waals surface area contributed by atoms with Gasteiger partial charge in [0.2, 0.25) is 5.95 Å². The lowest BCUT2D eigenvalue weighted by Crippen LogP contribution is -2.09. The van der Waals surface area contributed by atoms with E-state index in [0.29, 0.717) is 23.9 Å². The monoisotopic (exact) mass is 358 g/mol. The van der Waals surface area contributed by atoms with Crippen molar-refractivity contribution < 1.29 is 9.90 Å². The number of aromatic nitrogens is 2. The van der Waals surface area contributed by atoms with Crippen molar-refractivity contribution in [3.63, 3.8) is 0 Å². The van der Waals surface area contributed by atoms with Gasteiger partial charge in [-0.25, -0.2) is 4.98 Å². The SMILES string of the molecule is CC(=O)c1cccc(Nc2nc(NCCO)c3ccccc3n2)c1.Cl. The molecule has 0 fully saturated rings. The maximum atomic E-state index is 11.5. The summed E-state index contributed by atoms with van der Waals surface area (Å²) in [5.41, 5.74) is 2.16. The summed E-state index contributed by atoms with van der Waals surface area (Å²) in [6.45, 7) is 1.95. The van der Waals surface area contributed by atoms with Gasteiger partial charge in [0.1, 0.15) is 5.82 Å². The summed E-state index contributed by atoms with van der Waals surface area (Å²) in [6.07, 6.45) is 0. The summed E-state index contributed by atoms with van der Waals surface area (Å²) in [5, 5.41) is 16.1. The molecule has 0 amide bonds. The van der Waals surface area contributed by atoms with Gasteiger partial charge >= 0.3 is 0 Å². The molecule has 0 aliphatic rings. The Labute approximate surface area is 151 Å². The highest BCUT2D eigenvalue weighted by atomic mass is 35.5. The summed E-state index contributed by atoms with van der Waals surface area (Å²) in [4.78, 5) is 20.5. The quantitative estimate of drug-likeness (QED) is 0.585. The molecule has 7 heteroatoms. The molecular weight excluding hydrogens is 340 g/mol. The molecule has 1 heterocycles. The van der Waals surface area contributed by atoms with E-state index in [1.165, 1.54) is 6.92 Å². The summed E-state index contributed by atoms with van der Waals surface area (Å²) >= 11 is 0. The number of ketones is 1. The number of nitrogens with zero attached hydrogens (tertiary/aromatic N) is 2. The molecule has 0 aliphatic carbocycles. The minimum absolute atomic E-state index is 0. The van der Waals surface area contributed by atoms with Crippen LogP contribution < -0.4 is 10.6 Å². The number of carbonyl (C=O) groups excluding carboxylic acids is 1. The number of hydrogen-bond donors (Lipinski definition) is 3. The Kier molecular flexibility index (Phi) is 6.27. The van der Waals surface area contributed by atoms with Gasteiger partial charge in [0.25, 0.3) is 0 Å². The Morgan fingerprint density at radius 2 is 1.92 bits per heavy atom. The van der Waals surface area contributed by atoms with Crippen LogP contribution in [0.5, 0.6) is 0 Å². The van der Waals surface area contributed by atoms with E-state index in [1.54, 1.807) is 12.1 Å². The van der Waals surface area contributed by atoms with Crippen LogP contribution in [-0.4, -0.2) is 34.0 Å². The van der Waals surface area contributed by atoms with Gasteiger partial charge in [-0.1, -0.05) is 24.3 Å². The fourth-order valence-electron chi connectivity index (χ4n) is 2.39. The van der Waals surface area contributed by atoms with Crippen molar-refractivity contribution in [2.45, 2.75) is 6.92 Å². The van der Waals surface area contributed by atoms with Crippen LogP contribution in [0, 0.1) is 0 Å². The number of para-hydroxylation sites is 1. The maximum Gasteiger partial charge on any atom is 0.229 e. The molecule has 130 valence electrons. The molecule has 1 aromatic heterocycles. The third-order valence-corrected chi connectivity index (χ3v) is 3.53. The van der Waals surface area contributed by atoms with Gasteiger partial charge < -0.3 is 15.7 Å². The number of benzene rings is 2. The number of aliphatic hydroxyl groups excluding tert-OH is 1. The van der Waals surface area contributed by atoms with Crippen LogP contribution in [0.2, 0.25) is 0 Å². The van der Waals surface area contributed by atoms with Crippen molar-refractivity contribution in [2.75, 3.05) is 23.8 Å². The van der Waals surface area contributed by atoms with E-state index >= 15 is 0 Å². The zero-order valence-electron chi connectivity index (χ0n) is 13.7. The van der Waals surface area contributed by atoms with Crippen molar-refractivity contribution in [1.82, 2.24) is 9.97 Å². The molecule has 3 rings (SSSR count). The first-order valence-electron chi connectivity index (χ1n) is 7.67. The van der Waals surface area contributed by atoms with Crippen LogP contribution >= 0.6 is 12.4 Å². The molecule has 0 atom stereocenters. The number of anilines is 3. The molecule has 0 saturated heterocycles. The largest absolute Gasteiger partial charge is 0.395 e. The average molecular weight is 359 g/mol. The minimum Gasteiger partial charge on any atom is -0.395 e. The van der Waals surface area contributed by atoms with E-state index in [0.717, 1.165) is 16.6 Å². The second-order valence-corrected chi connectivity index (χ2v) is 5.33. The lowest BCUT2D eigenvalue weighted by Gasteiger charge is -2.11. The van der Waals surface area contributed by atoms with Crippen molar-refractivity contribution in [2.24, 2.45) is 0 Å². The Morgan fingerprint density at radius 1 is 1.12 bits per heavy atom. The molecule has 2 aromatic carbocycles. The van der Waals surface area contributed by atoms with E-state index in [2.05, 4.69) is 20.6 Å². The van der Waals surface area contributed by atoms with Crippen LogP contribution in [0.3, 0.4) is 0 Å². The van der Waals surface area contributed by atoms with Gasteiger partial charge in [-0.2, -0.15) is 4.98 Å². The Bertz CT molecular complexity index is 886. The van der Waals surface area contributed by atoms with Gasteiger partial charge in [-0.15, -0.1) is 12.4 Å². The van der Waals surface area contributed by atoms with E-state index < -0.39 is 0 Å². The predicted octanol–water partition coefficient (Wildman–Crippen LogP) is 3.40. The van der Waals surface area contributed by atoms with Crippen LogP contribution in [0.1, 0.15) is 17.3 Å². The van der Waals surface area contributed by atoms with Gasteiger partial charge in [-0.3, -0.25) is 4.79 Å². The molecule has 3 aromatic rings. The van der Waals surface area contributed by atoms with E-state index in [4.69, 9.17) is 5.11 Å². The Morgan fingerprint density at radius 3 is 2.68 bits per heavy atom. The smallest absolute Gasteiger partial charge is 0.229 e. The highest BCUT2D eigenvalue weighted by Gasteiger charge is 2.08. The first-order valence-corrected chi connectivity index (χ1v) is 7.67. The molecule has 0 bridgehead atoms. The number of hydrogen-bond acceptors (Lipinski definition) is 6. The normalized spacial score (nSPS) is 10.2.